The standard InChI is InChI=1S/C19H37N3O2/c1-3-5-12-17(19(24)21-13-6-4-2)22-18(23)16(20)14-15-10-8-7-9-11-15/h15-17H,3-14,20H2,1-2H3,(H,21,24)(H,22,23)/t16-,17-/m0/s1. The van der Waals surface area contributed by atoms with Crippen molar-refractivity contribution in [2.75, 3.05) is 6.54 Å². The van der Waals surface area contributed by atoms with Crippen LogP contribution in [-0.4, -0.2) is 30.4 Å². The monoisotopic (exact) mass is 339 g/mol. The van der Waals surface area contributed by atoms with Crippen LogP contribution < -0.4 is 16.4 Å². The highest BCUT2D eigenvalue weighted by molar-refractivity contribution is 5.89. The number of nitrogens with two attached hydrogens (primary N) is 1. The van der Waals surface area contributed by atoms with E-state index in [1.165, 1.54) is 32.1 Å². The Labute approximate surface area is 147 Å². The van der Waals surface area contributed by atoms with Gasteiger partial charge in [-0.1, -0.05) is 65.2 Å². The predicted octanol–water partition coefficient (Wildman–Crippen LogP) is 2.88. The lowest BCUT2D eigenvalue weighted by Crippen LogP contribution is -2.52. The van der Waals surface area contributed by atoms with Crippen molar-refractivity contribution in [3.8, 4) is 0 Å². The fourth-order valence-corrected chi connectivity index (χ4v) is 3.36. The molecule has 0 bridgehead atoms. The second kappa shape index (κ2) is 12.3. The van der Waals surface area contributed by atoms with Crippen LogP contribution in [-0.2, 0) is 9.59 Å². The summed E-state index contributed by atoms with van der Waals surface area (Å²) in [6, 6.07) is -0.951. The Morgan fingerprint density at radius 3 is 2.33 bits per heavy atom. The highest BCUT2D eigenvalue weighted by Gasteiger charge is 2.25. The molecule has 2 atom stereocenters. The fraction of sp³-hybridized carbons (Fsp3) is 0.895. The number of nitrogens with one attached hydrogen (secondary N) is 2. The minimum absolute atomic E-state index is 0.0740. The van der Waals surface area contributed by atoms with Crippen molar-refractivity contribution < 1.29 is 9.59 Å². The molecule has 0 aromatic rings. The number of carbonyl (C=O) groups excluding carboxylic acids is 2. The Morgan fingerprint density at radius 2 is 1.71 bits per heavy atom. The zero-order valence-corrected chi connectivity index (χ0v) is 15.6. The topological polar surface area (TPSA) is 84.2 Å². The van der Waals surface area contributed by atoms with Crippen molar-refractivity contribution in [1.29, 1.82) is 0 Å². The second-order valence-electron chi connectivity index (χ2n) is 7.19. The molecule has 0 radical (unpaired) electrons. The summed E-state index contributed by atoms with van der Waals surface area (Å²) in [4.78, 5) is 24.7. The SMILES string of the molecule is CCCCNC(=O)[C@H](CCCC)NC(=O)[C@@H](N)CC1CCCCC1. The van der Waals surface area contributed by atoms with E-state index in [9.17, 15) is 9.59 Å². The minimum Gasteiger partial charge on any atom is -0.354 e. The van der Waals surface area contributed by atoms with Crippen LogP contribution in [0.3, 0.4) is 0 Å². The van der Waals surface area contributed by atoms with Gasteiger partial charge in [0.2, 0.25) is 11.8 Å². The molecule has 0 heterocycles. The van der Waals surface area contributed by atoms with E-state index in [2.05, 4.69) is 24.5 Å². The van der Waals surface area contributed by atoms with Gasteiger partial charge in [0.15, 0.2) is 0 Å². The van der Waals surface area contributed by atoms with Gasteiger partial charge in [0.05, 0.1) is 6.04 Å². The van der Waals surface area contributed by atoms with Crippen molar-refractivity contribution in [2.24, 2.45) is 11.7 Å². The quantitative estimate of drug-likeness (QED) is 0.506. The highest BCUT2D eigenvalue weighted by Crippen LogP contribution is 2.27. The molecule has 0 aliphatic heterocycles. The van der Waals surface area contributed by atoms with Gasteiger partial charge in [0.1, 0.15) is 6.04 Å². The molecule has 0 unspecified atom stereocenters. The van der Waals surface area contributed by atoms with Crippen LogP contribution in [0.4, 0.5) is 0 Å². The van der Waals surface area contributed by atoms with Crippen LogP contribution in [0.25, 0.3) is 0 Å². The van der Waals surface area contributed by atoms with Gasteiger partial charge >= 0.3 is 0 Å². The third-order valence-electron chi connectivity index (χ3n) is 4.96. The molecule has 0 aromatic heterocycles. The van der Waals surface area contributed by atoms with E-state index in [4.69, 9.17) is 5.73 Å². The lowest BCUT2D eigenvalue weighted by atomic mass is 9.85. The van der Waals surface area contributed by atoms with Crippen molar-refractivity contribution >= 4 is 11.8 Å². The van der Waals surface area contributed by atoms with E-state index >= 15 is 0 Å². The molecule has 1 rings (SSSR count). The summed E-state index contributed by atoms with van der Waals surface area (Å²) < 4.78 is 0. The number of carbonyl (C=O) groups is 2. The molecule has 1 fully saturated rings. The maximum Gasteiger partial charge on any atom is 0.242 e. The lowest BCUT2D eigenvalue weighted by molar-refractivity contribution is -0.130. The molecular formula is C19H37N3O2. The molecule has 24 heavy (non-hydrogen) atoms. The fourth-order valence-electron chi connectivity index (χ4n) is 3.36. The smallest absolute Gasteiger partial charge is 0.242 e. The van der Waals surface area contributed by atoms with E-state index in [0.717, 1.165) is 32.1 Å². The Balaban J connectivity index is 2.46. The summed E-state index contributed by atoms with van der Waals surface area (Å²) in [5.74, 6) is 0.314. The number of hydrogen-bond donors (Lipinski definition) is 3. The average Bonchev–Trinajstić information content (AvgIpc) is 2.59. The van der Waals surface area contributed by atoms with E-state index in [0.29, 0.717) is 18.9 Å². The molecule has 1 aliphatic rings. The lowest BCUT2D eigenvalue weighted by Gasteiger charge is -2.25. The number of amides is 2. The molecule has 5 heteroatoms. The molecule has 2 amide bonds. The average molecular weight is 340 g/mol. The van der Waals surface area contributed by atoms with Crippen LogP contribution >= 0.6 is 0 Å². The first-order valence-corrected chi connectivity index (χ1v) is 9.92. The third-order valence-corrected chi connectivity index (χ3v) is 4.96. The third kappa shape index (κ3) is 8.13. The maximum atomic E-state index is 12.4. The predicted molar refractivity (Wildman–Crippen MR) is 98.5 cm³/mol. The summed E-state index contributed by atoms with van der Waals surface area (Å²) in [6.45, 7) is 4.84. The van der Waals surface area contributed by atoms with Crippen LogP contribution in [0.5, 0.6) is 0 Å². The van der Waals surface area contributed by atoms with Crippen LogP contribution in [0.2, 0.25) is 0 Å². The van der Waals surface area contributed by atoms with Crippen LogP contribution in [0.15, 0.2) is 0 Å². The normalized spacial score (nSPS) is 18.0. The number of rotatable bonds is 11. The van der Waals surface area contributed by atoms with Crippen LogP contribution in [0.1, 0.15) is 84.5 Å². The Kier molecular flexibility index (Phi) is 10.7. The molecule has 140 valence electrons. The van der Waals surface area contributed by atoms with Gasteiger partial charge in [0, 0.05) is 6.54 Å². The zero-order valence-electron chi connectivity index (χ0n) is 15.6. The number of unbranched alkanes of at least 4 members (excludes halogenated alkanes) is 2. The Hall–Kier alpha value is -1.10. The molecule has 0 aromatic carbocycles. The Morgan fingerprint density at radius 1 is 1.04 bits per heavy atom. The molecule has 1 aliphatic carbocycles. The van der Waals surface area contributed by atoms with Gasteiger partial charge in [-0.25, -0.2) is 0 Å². The summed E-state index contributed by atoms with van der Waals surface area (Å²) in [6.07, 6.45) is 11.5. The van der Waals surface area contributed by atoms with Gasteiger partial charge in [0.25, 0.3) is 0 Å². The molecule has 1 saturated carbocycles. The van der Waals surface area contributed by atoms with Crippen LogP contribution in [0, 0.1) is 5.92 Å². The minimum atomic E-state index is -0.499. The summed E-state index contributed by atoms with van der Waals surface area (Å²) >= 11 is 0. The highest BCUT2D eigenvalue weighted by atomic mass is 16.2. The van der Waals surface area contributed by atoms with E-state index in [1.54, 1.807) is 0 Å². The van der Waals surface area contributed by atoms with E-state index in [-0.39, 0.29) is 11.8 Å². The summed E-state index contributed by atoms with van der Waals surface area (Å²) in [7, 11) is 0. The van der Waals surface area contributed by atoms with Crippen molar-refractivity contribution in [3.63, 3.8) is 0 Å². The van der Waals surface area contributed by atoms with Crippen molar-refractivity contribution in [2.45, 2.75) is 96.6 Å². The second-order valence-corrected chi connectivity index (χ2v) is 7.19. The molecular weight excluding hydrogens is 302 g/mol. The largest absolute Gasteiger partial charge is 0.354 e. The van der Waals surface area contributed by atoms with Crippen molar-refractivity contribution in [1.82, 2.24) is 10.6 Å². The first-order valence-electron chi connectivity index (χ1n) is 9.92. The first-order chi connectivity index (χ1) is 11.6. The van der Waals surface area contributed by atoms with E-state index < -0.39 is 12.1 Å². The zero-order chi connectivity index (χ0) is 17.8. The first kappa shape index (κ1) is 20.9. The van der Waals surface area contributed by atoms with Gasteiger partial charge in [-0.3, -0.25) is 9.59 Å². The van der Waals surface area contributed by atoms with E-state index in [1.807, 2.05) is 0 Å². The summed E-state index contributed by atoms with van der Waals surface area (Å²) in [5, 5.41) is 5.82. The molecule has 5 nitrogen and oxygen atoms in total. The number of hydrogen-bond acceptors (Lipinski definition) is 3. The van der Waals surface area contributed by atoms with Gasteiger partial charge in [-0.05, 0) is 25.2 Å². The van der Waals surface area contributed by atoms with Gasteiger partial charge in [-0.15, -0.1) is 0 Å². The van der Waals surface area contributed by atoms with Gasteiger partial charge in [-0.2, -0.15) is 0 Å². The molecule has 0 saturated heterocycles. The molecule has 0 spiro atoms. The summed E-state index contributed by atoms with van der Waals surface area (Å²) in [5.41, 5.74) is 6.10. The maximum absolute atomic E-state index is 12.4. The van der Waals surface area contributed by atoms with Crippen molar-refractivity contribution in [3.05, 3.63) is 0 Å². The molecule has 4 N–H and O–H groups in total. The van der Waals surface area contributed by atoms with Gasteiger partial charge < -0.3 is 16.4 Å². The Bertz CT molecular complexity index is 368.